The standard InChI is InChI=1S/C17H25NO4/c1-6-7-16-11(2)10-15(13(4)22-16)18-17(20)9-8-12(3)21-14(5)19/h6,8-10,12-13,15-16H,1,7H2,2-5H3,(H,18,20)/b9-8-/t12-,13+,15+,16-/m0/s1. The molecule has 1 amide bonds. The van der Waals surface area contributed by atoms with Crippen LogP contribution in [0.1, 0.15) is 34.1 Å². The second-order valence-corrected chi connectivity index (χ2v) is 5.47. The molecule has 1 heterocycles. The van der Waals surface area contributed by atoms with Gasteiger partial charge in [0.2, 0.25) is 5.91 Å². The van der Waals surface area contributed by atoms with E-state index in [0.717, 1.165) is 12.0 Å². The van der Waals surface area contributed by atoms with Crippen LogP contribution >= 0.6 is 0 Å². The highest BCUT2D eigenvalue weighted by atomic mass is 16.5. The molecule has 0 saturated carbocycles. The van der Waals surface area contributed by atoms with Gasteiger partial charge in [-0.2, -0.15) is 0 Å². The topological polar surface area (TPSA) is 64.6 Å². The first-order chi connectivity index (χ1) is 10.3. The van der Waals surface area contributed by atoms with Crippen LogP contribution in [0.4, 0.5) is 0 Å². The van der Waals surface area contributed by atoms with Crippen molar-refractivity contribution in [1.29, 1.82) is 0 Å². The first-order valence-electron chi connectivity index (χ1n) is 7.44. The van der Waals surface area contributed by atoms with Crippen LogP contribution in [0.15, 0.2) is 36.5 Å². The molecule has 1 N–H and O–H groups in total. The van der Waals surface area contributed by atoms with E-state index in [4.69, 9.17) is 9.47 Å². The monoisotopic (exact) mass is 307 g/mol. The number of hydrogen-bond acceptors (Lipinski definition) is 4. The van der Waals surface area contributed by atoms with Gasteiger partial charge in [-0.25, -0.2) is 0 Å². The molecular formula is C17H25NO4. The third kappa shape index (κ3) is 5.85. The maximum Gasteiger partial charge on any atom is 0.303 e. The Bertz CT molecular complexity index is 481. The van der Waals surface area contributed by atoms with E-state index in [2.05, 4.69) is 11.9 Å². The number of amides is 1. The number of rotatable bonds is 6. The normalized spacial score (nSPS) is 26.2. The molecule has 1 rings (SSSR count). The highest BCUT2D eigenvalue weighted by molar-refractivity contribution is 5.88. The molecule has 0 fully saturated rings. The van der Waals surface area contributed by atoms with Gasteiger partial charge in [-0.1, -0.05) is 12.2 Å². The smallest absolute Gasteiger partial charge is 0.303 e. The predicted octanol–water partition coefficient (Wildman–Crippen LogP) is 2.29. The van der Waals surface area contributed by atoms with Crippen LogP contribution in [0.3, 0.4) is 0 Å². The Hall–Kier alpha value is -1.88. The molecular weight excluding hydrogens is 282 g/mol. The van der Waals surface area contributed by atoms with Crippen molar-refractivity contribution in [2.24, 2.45) is 0 Å². The maximum atomic E-state index is 11.9. The average molecular weight is 307 g/mol. The number of carbonyl (C=O) groups excluding carboxylic acids is 2. The molecule has 5 nitrogen and oxygen atoms in total. The van der Waals surface area contributed by atoms with Crippen LogP contribution in [-0.2, 0) is 19.1 Å². The summed E-state index contributed by atoms with van der Waals surface area (Å²) in [6.07, 6.45) is 7.00. The molecule has 0 spiro atoms. The maximum absolute atomic E-state index is 11.9. The highest BCUT2D eigenvalue weighted by Gasteiger charge is 2.27. The van der Waals surface area contributed by atoms with Gasteiger partial charge in [-0.15, -0.1) is 6.58 Å². The van der Waals surface area contributed by atoms with Gasteiger partial charge in [0, 0.05) is 13.0 Å². The quantitative estimate of drug-likeness (QED) is 0.464. The van der Waals surface area contributed by atoms with Crippen LogP contribution < -0.4 is 5.32 Å². The zero-order valence-corrected chi connectivity index (χ0v) is 13.7. The largest absolute Gasteiger partial charge is 0.459 e. The van der Waals surface area contributed by atoms with Crippen molar-refractivity contribution in [2.75, 3.05) is 0 Å². The van der Waals surface area contributed by atoms with Gasteiger partial charge in [0.1, 0.15) is 6.10 Å². The summed E-state index contributed by atoms with van der Waals surface area (Å²) in [5.41, 5.74) is 1.08. The lowest BCUT2D eigenvalue weighted by Gasteiger charge is -2.33. The van der Waals surface area contributed by atoms with Crippen LogP contribution in [0.2, 0.25) is 0 Å². The fourth-order valence-corrected chi connectivity index (χ4v) is 2.27. The molecule has 0 radical (unpaired) electrons. The number of hydrogen-bond donors (Lipinski definition) is 1. The molecule has 4 atom stereocenters. The molecule has 22 heavy (non-hydrogen) atoms. The highest BCUT2D eigenvalue weighted by Crippen LogP contribution is 2.22. The molecule has 0 unspecified atom stereocenters. The van der Waals surface area contributed by atoms with Crippen LogP contribution in [-0.4, -0.2) is 36.2 Å². The van der Waals surface area contributed by atoms with E-state index in [1.165, 1.54) is 13.0 Å². The van der Waals surface area contributed by atoms with Gasteiger partial charge in [0.15, 0.2) is 0 Å². The summed E-state index contributed by atoms with van der Waals surface area (Å²) >= 11 is 0. The summed E-state index contributed by atoms with van der Waals surface area (Å²) in [4.78, 5) is 22.7. The van der Waals surface area contributed by atoms with E-state index in [0.29, 0.717) is 0 Å². The molecule has 1 aliphatic heterocycles. The molecule has 5 heteroatoms. The number of carbonyl (C=O) groups is 2. The van der Waals surface area contributed by atoms with E-state index < -0.39 is 6.10 Å². The molecule has 1 aliphatic rings. The number of ether oxygens (including phenoxy) is 2. The Labute approximate surface area is 132 Å². The minimum absolute atomic E-state index is 0.0279. The molecule has 0 aliphatic carbocycles. The Morgan fingerprint density at radius 3 is 2.82 bits per heavy atom. The van der Waals surface area contributed by atoms with Crippen molar-refractivity contribution < 1.29 is 19.1 Å². The van der Waals surface area contributed by atoms with E-state index in [-0.39, 0.29) is 30.1 Å². The third-order valence-corrected chi connectivity index (χ3v) is 3.40. The van der Waals surface area contributed by atoms with E-state index in [1.54, 1.807) is 13.0 Å². The van der Waals surface area contributed by atoms with Crippen molar-refractivity contribution in [2.45, 2.75) is 58.5 Å². The Balaban J connectivity index is 2.59. The zero-order valence-electron chi connectivity index (χ0n) is 13.7. The van der Waals surface area contributed by atoms with Gasteiger partial charge in [0.25, 0.3) is 0 Å². The van der Waals surface area contributed by atoms with Crippen molar-refractivity contribution in [3.05, 3.63) is 36.5 Å². The minimum Gasteiger partial charge on any atom is -0.459 e. The lowest BCUT2D eigenvalue weighted by Crippen LogP contribution is -2.46. The minimum atomic E-state index is -0.433. The first kappa shape index (κ1) is 18.2. The summed E-state index contributed by atoms with van der Waals surface area (Å²) in [5, 5.41) is 2.88. The van der Waals surface area contributed by atoms with E-state index in [1.807, 2.05) is 26.0 Å². The summed E-state index contributed by atoms with van der Waals surface area (Å²) in [5.74, 6) is -0.621. The van der Waals surface area contributed by atoms with E-state index in [9.17, 15) is 9.59 Å². The molecule has 122 valence electrons. The number of nitrogens with one attached hydrogen (secondary N) is 1. The average Bonchev–Trinajstić information content (AvgIpc) is 2.41. The fraction of sp³-hybridized carbons (Fsp3) is 0.529. The predicted molar refractivity (Wildman–Crippen MR) is 85.2 cm³/mol. The van der Waals surface area contributed by atoms with Crippen LogP contribution in [0, 0.1) is 0 Å². The summed E-state index contributed by atoms with van der Waals surface area (Å²) < 4.78 is 10.8. The van der Waals surface area contributed by atoms with E-state index >= 15 is 0 Å². The molecule has 0 aromatic heterocycles. The lowest BCUT2D eigenvalue weighted by atomic mass is 9.98. The fourth-order valence-electron chi connectivity index (χ4n) is 2.27. The SMILES string of the molecule is C=CC[C@@H]1O[C@H](C)[C@H](NC(=O)/C=C\[C@H](C)OC(C)=O)C=C1C. The summed E-state index contributed by atoms with van der Waals surface area (Å²) in [6, 6.07) is -0.178. The van der Waals surface area contributed by atoms with Crippen LogP contribution in [0.5, 0.6) is 0 Å². The van der Waals surface area contributed by atoms with Crippen molar-refractivity contribution >= 4 is 11.9 Å². The van der Waals surface area contributed by atoms with Crippen molar-refractivity contribution in [3.8, 4) is 0 Å². The van der Waals surface area contributed by atoms with Crippen molar-refractivity contribution in [1.82, 2.24) is 5.32 Å². The second kappa shape index (κ2) is 8.54. The molecule has 0 aromatic rings. The second-order valence-electron chi connectivity index (χ2n) is 5.47. The van der Waals surface area contributed by atoms with Crippen LogP contribution in [0.25, 0.3) is 0 Å². The third-order valence-electron chi connectivity index (χ3n) is 3.40. The molecule has 0 saturated heterocycles. The van der Waals surface area contributed by atoms with Gasteiger partial charge in [-0.05, 0) is 38.8 Å². The van der Waals surface area contributed by atoms with Gasteiger partial charge < -0.3 is 14.8 Å². The number of esters is 1. The lowest BCUT2D eigenvalue weighted by molar-refractivity contribution is -0.143. The summed E-state index contributed by atoms with van der Waals surface area (Å²) in [7, 11) is 0. The molecule has 0 bridgehead atoms. The zero-order chi connectivity index (χ0) is 16.7. The summed E-state index contributed by atoms with van der Waals surface area (Å²) in [6.45, 7) is 10.7. The Morgan fingerprint density at radius 1 is 1.55 bits per heavy atom. The molecule has 0 aromatic carbocycles. The van der Waals surface area contributed by atoms with Gasteiger partial charge in [0.05, 0.1) is 18.2 Å². The Kier molecular flexibility index (Phi) is 7.05. The van der Waals surface area contributed by atoms with Gasteiger partial charge >= 0.3 is 5.97 Å². The Morgan fingerprint density at radius 2 is 2.23 bits per heavy atom. The van der Waals surface area contributed by atoms with Gasteiger partial charge in [-0.3, -0.25) is 9.59 Å². The van der Waals surface area contributed by atoms with Crippen molar-refractivity contribution in [3.63, 3.8) is 0 Å². The first-order valence-corrected chi connectivity index (χ1v) is 7.44.